The molecule has 3 heteroatoms. The minimum Gasteiger partial charge on any atom is -0.463 e. The van der Waals surface area contributed by atoms with Crippen LogP contribution in [-0.2, 0) is 9.53 Å². The summed E-state index contributed by atoms with van der Waals surface area (Å²) in [5, 5.41) is 0. The lowest BCUT2D eigenvalue weighted by atomic mass is 10.1. The molecule has 0 atom stereocenters. The van der Waals surface area contributed by atoms with Gasteiger partial charge >= 0.3 is 5.97 Å². The summed E-state index contributed by atoms with van der Waals surface area (Å²) in [5.41, 5.74) is 3.19. The van der Waals surface area contributed by atoms with Crippen molar-refractivity contribution in [1.82, 2.24) is 0 Å². The number of hydrogen-bond acceptors (Lipinski definition) is 3. The molecular formula is C18H19NO2. The maximum absolute atomic E-state index is 11.3. The maximum Gasteiger partial charge on any atom is 0.330 e. The molecule has 0 saturated heterocycles. The second-order valence-corrected chi connectivity index (χ2v) is 4.57. The van der Waals surface area contributed by atoms with Gasteiger partial charge in [0, 0.05) is 24.5 Å². The molecule has 0 spiro atoms. The SMILES string of the molecule is CCOC(=O)/C=C/c1ccc(N(C)c2ccccc2)cc1. The third-order valence-corrected chi connectivity index (χ3v) is 3.12. The molecule has 0 aromatic heterocycles. The van der Waals surface area contributed by atoms with Gasteiger partial charge in [-0.2, -0.15) is 0 Å². The van der Waals surface area contributed by atoms with Crippen LogP contribution in [0.5, 0.6) is 0 Å². The Labute approximate surface area is 125 Å². The van der Waals surface area contributed by atoms with E-state index in [0.717, 1.165) is 16.9 Å². The summed E-state index contributed by atoms with van der Waals surface area (Å²) in [4.78, 5) is 13.4. The molecule has 0 aliphatic carbocycles. The topological polar surface area (TPSA) is 29.5 Å². The highest BCUT2D eigenvalue weighted by atomic mass is 16.5. The standard InChI is InChI=1S/C18H19NO2/c1-3-21-18(20)14-11-15-9-12-17(13-10-15)19(2)16-7-5-4-6-8-16/h4-14H,3H2,1-2H3/b14-11+. The molecule has 0 amide bonds. The molecule has 0 unspecified atom stereocenters. The van der Waals surface area contributed by atoms with Gasteiger partial charge in [-0.1, -0.05) is 30.3 Å². The van der Waals surface area contributed by atoms with Gasteiger partial charge in [0.1, 0.15) is 0 Å². The zero-order chi connectivity index (χ0) is 15.1. The summed E-state index contributed by atoms with van der Waals surface area (Å²) in [7, 11) is 2.03. The van der Waals surface area contributed by atoms with Crippen molar-refractivity contribution in [3.05, 3.63) is 66.2 Å². The van der Waals surface area contributed by atoms with E-state index in [-0.39, 0.29) is 5.97 Å². The number of esters is 1. The van der Waals surface area contributed by atoms with E-state index in [4.69, 9.17) is 4.74 Å². The molecule has 0 aliphatic rings. The van der Waals surface area contributed by atoms with E-state index in [1.165, 1.54) is 6.08 Å². The van der Waals surface area contributed by atoms with E-state index in [9.17, 15) is 4.79 Å². The molecule has 0 radical (unpaired) electrons. The van der Waals surface area contributed by atoms with Crippen LogP contribution < -0.4 is 4.90 Å². The zero-order valence-corrected chi connectivity index (χ0v) is 12.3. The highest BCUT2D eigenvalue weighted by Gasteiger charge is 2.02. The summed E-state index contributed by atoms with van der Waals surface area (Å²) in [6.45, 7) is 2.18. The smallest absolute Gasteiger partial charge is 0.330 e. The van der Waals surface area contributed by atoms with Crippen LogP contribution in [0.25, 0.3) is 6.08 Å². The average Bonchev–Trinajstić information content (AvgIpc) is 2.54. The van der Waals surface area contributed by atoms with Crippen LogP contribution in [0.4, 0.5) is 11.4 Å². The van der Waals surface area contributed by atoms with Gasteiger partial charge in [0.2, 0.25) is 0 Å². The van der Waals surface area contributed by atoms with E-state index < -0.39 is 0 Å². The number of nitrogens with zero attached hydrogens (tertiary/aromatic N) is 1. The normalized spacial score (nSPS) is 10.6. The number of anilines is 2. The monoisotopic (exact) mass is 281 g/mol. The van der Waals surface area contributed by atoms with Crippen LogP contribution in [0, 0.1) is 0 Å². The van der Waals surface area contributed by atoms with Gasteiger partial charge in [-0.05, 0) is 42.8 Å². The van der Waals surface area contributed by atoms with Crippen LogP contribution in [0.2, 0.25) is 0 Å². The zero-order valence-electron chi connectivity index (χ0n) is 12.3. The number of carbonyl (C=O) groups excluding carboxylic acids is 1. The van der Waals surface area contributed by atoms with E-state index in [1.54, 1.807) is 13.0 Å². The Kier molecular flexibility index (Phi) is 5.16. The molecule has 21 heavy (non-hydrogen) atoms. The minimum absolute atomic E-state index is 0.317. The molecule has 0 heterocycles. The van der Waals surface area contributed by atoms with Crippen molar-refractivity contribution in [3.63, 3.8) is 0 Å². The molecule has 0 aliphatic heterocycles. The van der Waals surface area contributed by atoms with Gasteiger partial charge in [-0.15, -0.1) is 0 Å². The summed E-state index contributed by atoms with van der Waals surface area (Å²) >= 11 is 0. The molecule has 0 bridgehead atoms. The molecule has 2 aromatic rings. The number of carbonyl (C=O) groups is 1. The van der Waals surface area contributed by atoms with Crippen LogP contribution in [0.1, 0.15) is 12.5 Å². The Morgan fingerprint density at radius 1 is 1.05 bits per heavy atom. The van der Waals surface area contributed by atoms with Crippen molar-refractivity contribution in [1.29, 1.82) is 0 Å². The number of hydrogen-bond donors (Lipinski definition) is 0. The predicted molar refractivity (Wildman–Crippen MR) is 86.6 cm³/mol. The maximum atomic E-state index is 11.3. The summed E-state index contributed by atoms with van der Waals surface area (Å²) < 4.78 is 4.85. The Bertz CT molecular complexity index is 603. The van der Waals surface area contributed by atoms with Gasteiger partial charge in [-0.25, -0.2) is 4.79 Å². The second kappa shape index (κ2) is 7.29. The first-order valence-corrected chi connectivity index (χ1v) is 6.94. The molecule has 0 N–H and O–H groups in total. The molecule has 3 nitrogen and oxygen atoms in total. The summed E-state index contributed by atoms with van der Waals surface area (Å²) in [6, 6.07) is 18.2. The average molecular weight is 281 g/mol. The van der Waals surface area contributed by atoms with Crippen LogP contribution in [-0.4, -0.2) is 19.6 Å². The first-order valence-electron chi connectivity index (χ1n) is 6.94. The third-order valence-electron chi connectivity index (χ3n) is 3.12. The van der Waals surface area contributed by atoms with Crippen molar-refractivity contribution >= 4 is 23.4 Å². The Balaban J connectivity index is 2.07. The molecule has 0 fully saturated rings. The van der Waals surface area contributed by atoms with Gasteiger partial charge < -0.3 is 9.64 Å². The Morgan fingerprint density at radius 2 is 1.67 bits per heavy atom. The van der Waals surface area contributed by atoms with Crippen molar-refractivity contribution in [2.24, 2.45) is 0 Å². The minimum atomic E-state index is -0.317. The molecule has 2 aromatic carbocycles. The quantitative estimate of drug-likeness (QED) is 0.612. The molecular weight excluding hydrogens is 262 g/mol. The van der Waals surface area contributed by atoms with Crippen LogP contribution >= 0.6 is 0 Å². The highest BCUT2D eigenvalue weighted by Crippen LogP contribution is 2.23. The van der Waals surface area contributed by atoms with Crippen molar-refractivity contribution in [2.45, 2.75) is 6.92 Å². The van der Waals surface area contributed by atoms with Crippen LogP contribution in [0.3, 0.4) is 0 Å². The lowest BCUT2D eigenvalue weighted by Crippen LogP contribution is -2.08. The fourth-order valence-corrected chi connectivity index (χ4v) is 1.96. The second-order valence-electron chi connectivity index (χ2n) is 4.57. The summed E-state index contributed by atoms with van der Waals surface area (Å²) in [5.74, 6) is -0.317. The largest absolute Gasteiger partial charge is 0.463 e. The van der Waals surface area contributed by atoms with E-state index in [0.29, 0.717) is 6.61 Å². The van der Waals surface area contributed by atoms with Crippen molar-refractivity contribution in [2.75, 3.05) is 18.6 Å². The van der Waals surface area contributed by atoms with Gasteiger partial charge in [0.25, 0.3) is 0 Å². The number of benzene rings is 2. The number of ether oxygens (including phenoxy) is 1. The molecule has 108 valence electrons. The predicted octanol–water partition coefficient (Wildman–Crippen LogP) is 4.03. The van der Waals surface area contributed by atoms with Gasteiger partial charge in [0.15, 0.2) is 0 Å². The fourth-order valence-electron chi connectivity index (χ4n) is 1.96. The Morgan fingerprint density at radius 3 is 2.29 bits per heavy atom. The van der Waals surface area contributed by atoms with Gasteiger partial charge in [0.05, 0.1) is 6.61 Å². The van der Waals surface area contributed by atoms with E-state index in [2.05, 4.69) is 17.0 Å². The lowest BCUT2D eigenvalue weighted by molar-refractivity contribution is -0.137. The highest BCUT2D eigenvalue weighted by molar-refractivity contribution is 5.87. The first-order chi connectivity index (χ1) is 10.2. The molecule has 0 saturated carbocycles. The molecule has 2 rings (SSSR count). The Hall–Kier alpha value is -2.55. The van der Waals surface area contributed by atoms with Crippen molar-refractivity contribution < 1.29 is 9.53 Å². The first kappa shape index (κ1) is 14.9. The van der Waals surface area contributed by atoms with Crippen molar-refractivity contribution in [3.8, 4) is 0 Å². The van der Waals surface area contributed by atoms with Crippen LogP contribution in [0.15, 0.2) is 60.7 Å². The van der Waals surface area contributed by atoms with Gasteiger partial charge in [-0.3, -0.25) is 0 Å². The van der Waals surface area contributed by atoms with E-state index in [1.807, 2.05) is 49.5 Å². The third kappa shape index (κ3) is 4.21. The number of rotatable bonds is 5. The number of para-hydroxylation sites is 1. The lowest BCUT2D eigenvalue weighted by Gasteiger charge is -2.19. The fraction of sp³-hybridized carbons (Fsp3) is 0.167. The van der Waals surface area contributed by atoms with E-state index >= 15 is 0 Å². The summed E-state index contributed by atoms with van der Waals surface area (Å²) in [6.07, 6.45) is 3.20.